The molecule has 5 heteroatoms. The number of hydrogen-bond acceptors (Lipinski definition) is 3. The lowest BCUT2D eigenvalue weighted by molar-refractivity contribution is -0.170. The molecule has 0 aliphatic carbocycles. The molecular weight excluding hydrogens is 276 g/mol. The van der Waals surface area contributed by atoms with Gasteiger partial charge >= 0.3 is 0 Å². The number of nitrogens with zero attached hydrogens (tertiary/aromatic N) is 4. The average molecular weight is 304 g/mol. The van der Waals surface area contributed by atoms with E-state index in [1.807, 2.05) is 18.7 Å². The van der Waals surface area contributed by atoms with Crippen LogP contribution in [-0.4, -0.2) is 51.2 Å². The van der Waals surface area contributed by atoms with Gasteiger partial charge in [-0.15, -0.1) is 0 Å². The van der Waals surface area contributed by atoms with Gasteiger partial charge in [-0.1, -0.05) is 6.92 Å². The van der Waals surface area contributed by atoms with E-state index in [2.05, 4.69) is 34.8 Å². The van der Waals surface area contributed by atoms with E-state index in [4.69, 9.17) is 0 Å². The Balaban J connectivity index is 1.65. The maximum atomic E-state index is 12.7. The summed E-state index contributed by atoms with van der Waals surface area (Å²) in [7, 11) is 2.00. The molecule has 2 aliphatic rings. The van der Waals surface area contributed by atoms with Crippen LogP contribution in [0.25, 0.3) is 0 Å². The average Bonchev–Trinajstić information content (AvgIpc) is 2.82. The number of carbonyl (C=O) groups excluding carboxylic acids is 1. The van der Waals surface area contributed by atoms with Crippen LogP contribution in [0.5, 0.6) is 0 Å². The van der Waals surface area contributed by atoms with Crippen molar-refractivity contribution in [2.45, 2.75) is 52.6 Å². The van der Waals surface area contributed by atoms with Crippen LogP contribution < -0.4 is 0 Å². The molecule has 1 amide bonds. The number of β-lactam (4-membered cyclic amide) rings is 1. The number of aryl methyl sites for hydroxylation is 2. The first-order chi connectivity index (χ1) is 10.4. The summed E-state index contributed by atoms with van der Waals surface area (Å²) in [5, 5.41) is 4.42. The fourth-order valence-electron chi connectivity index (χ4n) is 3.96. The molecule has 2 fully saturated rings. The van der Waals surface area contributed by atoms with Crippen molar-refractivity contribution < 1.29 is 4.79 Å². The summed E-state index contributed by atoms with van der Waals surface area (Å²) in [4.78, 5) is 17.2. The molecule has 1 aromatic heterocycles. The normalized spacial score (nSPS) is 27.3. The Hall–Kier alpha value is -1.36. The first-order valence-electron chi connectivity index (χ1n) is 8.48. The molecule has 0 radical (unpaired) electrons. The topological polar surface area (TPSA) is 41.4 Å². The molecule has 0 saturated carbocycles. The number of carbonyl (C=O) groups is 1. The zero-order valence-electron chi connectivity index (χ0n) is 14.3. The SMILES string of the molecule is CC[C@H](C)N1C[C@@]2(CCCN(Cc3cc(C)nn3C)C2)C1=O. The van der Waals surface area contributed by atoms with Gasteiger partial charge in [-0.2, -0.15) is 5.10 Å². The number of rotatable bonds is 4. The van der Waals surface area contributed by atoms with Crippen LogP contribution in [0.4, 0.5) is 0 Å². The van der Waals surface area contributed by atoms with Crippen molar-refractivity contribution in [2.24, 2.45) is 12.5 Å². The summed E-state index contributed by atoms with van der Waals surface area (Å²) in [5.74, 6) is 0.382. The molecule has 0 aromatic carbocycles. The lowest BCUT2D eigenvalue weighted by atomic mass is 9.71. The number of aromatic nitrogens is 2. The Kier molecular flexibility index (Phi) is 4.02. The number of piperidine rings is 1. The van der Waals surface area contributed by atoms with Gasteiger partial charge in [0.05, 0.1) is 16.8 Å². The van der Waals surface area contributed by atoms with Gasteiger partial charge in [0, 0.05) is 32.7 Å². The van der Waals surface area contributed by atoms with Crippen LogP contribution in [0.15, 0.2) is 6.07 Å². The molecule has 0 bridgehead atoms. The van der Waals surface area contributed by atoms with Gasteiger partial charge in [-0.05, 0) is 45.7 Å². The molecule has 1 spiro atoms. The summed E-state index contributed by atoms with van der Waals surface area (Å²) in [5.41, 5.74) is 2.20. The Morgan fingerprint density at radius 2 is 2.18 bits per heavy atom. The molecule has 0 N–H and O–H groups in total. The van der Waals surface area contributed by atoms with Crippen molar-refractivity contribution in [3.63, 3.8) is 0 Å². The summed E-state index contributed by atoms with van der Waals surface area (Å²) in [6, 6.07) is 2.53. The summed E-state index contributed by atoms with van der Waals surface area (Å²) < 4.78 is 1.96. The minimum absolute atomic E-state index is 0.102. The molecule has 0 unspecified atom stereocenters. The van der Waals surface area contributed by atoms with Crippen LogP contribution in [0.2, 0.25) is 0 Å². The molecule has 122 valence electrons. The van der Waals surface area contributed by atoms with E-state index in [-0.39, 0.29) is 5.41 Å². The zero-order valence-corrected chi connectivity index (χ0v) is 14.3. The standard InChI is InChI=1S/C17H28N4O/c1-5-14(3)21-12-17(16(21)22)7-6-8-20(11-17)10-15-9-13(2)18-19(15)4/h9,14H,5-8,10-12H2,1-4H3/t14-,17-/m0/s1. The summed E-state index contributed by atoms with van der Waals surface area (Å²) in [6.07, 6.45) is 3.22. The van der Waals surface area contributed by atoms with Gasteiger partial charge in [0.15, 0.2) is 0 Å². The Bertz CT molecular complexity index is 567. The number of hydrogen-bond donors (Lipinski definition) is 0. The predicted molar refractivity (Wildman–Crippen MR) is 86.4 cm³/mol. The highest BCUT2D eigenvalue weighted by Crippen LogP contribution is 2.42. The van der Waals surface area contributed by atoms with Crippen LogP contribution in [0, 0.1) is 12.3 Å². The molecule has 3 rings (SSSR count). The number of amides is 1. The molecule has 3 heterocycles. The third-order valence-corrected chi connectivity index (χ3v) is 5.45. The second-order valence-electron chi connectivity index (χ2n) is 7.19. The van der Waals surface area contributed by atoms with Crippen LogP contribution in [-0.2, 0) is 18.4 Å². The fraction of sp³-hybridized carbons (Fsp3) is 0.765. The molecule has 2 aliphatic heterocycles. The van der Waals surface area contributed by atoms with Gasteiger partial charge in [0.25, 0.3) is 0 Å². The smallest absolute Gasteiger partial charge is 0.232 e. The fourth-order valence-corrected chi connectivity index (χ4v) is 3.96. The second-order valence-corrected chi connectivity index (χ2v) is 7.19. The molecular formula is C17H28N4O. The van der Waals surface area contributed by atoms with Gasteiger partial charge in [-0.3, -0.25) is 14.4 Å². The van der Waals surface area contributed by atoms with Gasteiger partial charge in [0.2, 0.25) is 5.91 Å². The Morgan fingerprint density at radius 1 is 1.41 bits per heavy atom. The van der Waals surface area contributed by atoms with Crippen molar-refractivity contribution in [3.05, 3.63) is 17.5 Å². The van der Waals surface area contributed by atoms with E-state index < -0.39 is 0 Å². The van der Waals surface area contributed by atoms with Crippen LogP contribution >= 0.6 is 0 Å². The van der Waals surface area contributed by atoms with E-state index in [1.165, 1.54) is 5.69 Å². The van der Waals surface area contributed by atoms with E-state index >= 15 is 0 Å². The predicted octanol–water partition coefficient (Wildman–Crippen LogP) is 1.95. The van der Waals surface area contributed by atoms with Gasteiger partial charge < -0.3 is 4.90 Å². The minimum atomic E-state index is -0.102. The third kappa shape index (κ3) is 2.56. The quantitative estimate of drug-likeness (QED) is 0.799. The summed E-state index contributed by atoms with van der Waals surface area (Å²) in [6.45, 7) is 10.2. The largest absolute Gasteiger partial charge is 0.338 e. The maximum Gasteiger partial charge on any atom is 0.232 e. The molecule has 2 saturated heterocycles. The lowest BCUT2D eigenvalue weighted by Crippen LogP contribution is -2.68. The van der Waals surface area contributed by atoms with Crippen molar-refractivity contribution in [1.82, 2.24) is 19.6 Å². The van der Waals surface area contributed by atoms with Crippen molar-refractivity contribution in [2.75, 3.05) is 19.6 Å². The highest BCUT2D eigenvalue weighted by Gasteiger charge is 2.54. The Morgan fingerprint density at radius 3 is 2.77 bits per heavy atom. The maximum absolute atomic E-state index is 12.7. The highest BCUT2D eigenvalue weighted by molar-refractivity contribution is 5.89. The van der Waals surface area contributed by atoms with E-state index in [0.717, 1.165) is 51.1 Å². The first kappa shape index (κ1) is 15.5. The monoisotopic (exact) mass is 304 g/mol. The van der Waals surface area contributed by atoms with Crippen LogP contribution in [0.3, 0.4) is 0 Å². The molecule has 1 aromatic rings. The van der Waals surface area contributed by atoms with Crippen molar-refractivity contribution in [1.29, 1.82) is 0 Å². The zero-order chi connectivity index (χ0) is 15.9. The second kappa shape index (κ2) is 5.69. The van der Waals surface area contributed by atoms with Gasteiger partial charge in [-0.25, -0.2) is 0 Å². The van der Waals surface area contributed by atoms with E-state index in [1.54, 1.807) is 0 Å². The van der Waals surface area contributed by atoms with Crippen molar-refractivity contribution in [3.8, 4) is 0 Å². The minimum Gasteiger partial charge on any atom is -0.338 e. The molecule has 2 atom stereocenters. The van der Waals surface area contributed by atoms with E-state index in [0.29, 0.717) is 11.9 Å². The van der Waals surface area contributed by atoms with E-state index in [9.17, 15) is 4.79 Å². The summed E-state index contributed by atoms with van der Waals surface area (Å²) >= 11 is 0. The van der Waals surface area contributed by atoms with Crippen LogP contribution in [0.1, 0.15) is 44.5 Å². The van der Waals surface area contributed by atoms with Gasteiger partial charge in [0.1, 0.15) is 0 Å². The highest BCUT2D eigenvalue weighted by atomic mass is 16.2. The molecule has 22 heavy (non-hydrogen) atoms. The first-order valence-corrected chi connectivity index (χ1v) is 8.48. The Labute approximate surface area is 133 Å². The number of likely N-dealkylation sites (tertiary alicyclic amines) is 2. The molecule has 5 nitrogen and oxygen atoms in total. The lowest BCUT2D eigenvalue weighted by Gasteiger charge is -2.55. The third-order valence-electron chi connectivity index (χ3n) is 5.45. The van der Waals surface area contributed by atoms with Crippen molar-refractivity contribution >= 4 is 5.91 Å².